The highest BCUT2D eigenvalue weighted by molar-refractivity contribution is 5.96. The minimum Gasteiger partial charge on any atom is -0.338 e. The Balaban J connectivity index is 1.66. The SMILES string of the molecule is CC1CCCN(C(=O)c2ccc(C(=O)N3CCCC(C)C3)nc2)C1. The van der Waals surface area contributed by atoms with Gasteiger partial charge in [-0.3, -0.25) is 14.6 Å². The molecule has 1 aromatic rings. The maximum absolute atomic E-state index is 12.6. The zero-order chi connectivity index (χ0) is 17.1. The third-order valence-corrected chi connectivity index (χ3v) is 5.12. The molecule has 2 aliphatic rings. The molecule has 130 valence electrons. The largest absolute Gasteiger partial charge is 0.338 e. The fraction of sp³-hybridized carbons (Fsp3) is 0.632. The summed E-state index contributed by atoms with van der Waals surface area (Å²) < 4.78 is 0. The second-order valence-corrected chi connectivity index (χ2v) is 7.43. The monoisotopic (exact) mass is 329 g/mol. The smallest absolute Gasteiger partial charge is 0.272 e. The van der Waals surface area contributed by atoms with Crippen molar-refractivity contribution in [1.29, 1.82) is 0 Å². The van der Waals surface area contributed by atoms with E-state index in [2.05, 4.69) is 18.8 Å². The van der Waals surface area contributed by atoms with Crippen molar-refractivity contribution < 1.29 is 9.59 Å². The molecule has 1 aromatic heterocycles. The summed E-state index contributed by atoms with van der Waals surface area (Å²) in [6, 6.07) is 3.44. The lowest BCUT2D eigenvalue weighted by Crippen LogP contribution is -2.40. The van der Waals surface area contributed by atoms with Crippen LogP contribution in [0.5, 0.6) is 0 Å². The fourth-order valence-electron chi connectivity index (χ4n) is 3.74. The molecule has 0 aromatic carbocycles. The summed E-state index contributed by atoms with van der Waals surface area (Å²) in [6.45, 7) is 7.58. The van der Waals surface area contributed by atoms with Crippen LogP contribution in [0, 0.1) is 11.8 Å². The van der Waals surface area contributed by atoms with Crippen LogP contribution < -0.4 is 0 Å². The van der Waals surface area contributed by atoms with Crippen molar-refractivity contribution in [2.75, 3.05) is 26.2 Å². The maximum atomic E-state index is 12.6. The average Bonchev–Trinajstić information content (AvgIpc) is 2.60. The van der Waals surface area contributed by atoms with Crippen LogP contribution >= 0.6 is 0 Å². The lowest BCUT2D eigenvalue weighted by molar-refractivity contribution is 0.0667. The molecule has 2 aliphatic heterocycles. The van der Waals surface area contributed by atoms with Crippen LogP contribution in [0.4, 0.5) is 0 Å². The summed E-state index contributed by atoms with van der Waals surface area (Å²) >= 11 is 0. The van der Waals surface area contributed by atoms with Gasteiger partial charge in [0.25, 0.3) is 11.8 Å². The Hall–Kier alpha value is -1.91. The summed E-state index contributed by atoms with van der Waals surface area (Å²) in [5, 5.41) is 0. The Labute approximate surface area is 144 Å². The standard InChI is InChI=1S/C19H27N3O2/c1-14-5-3-9-21(12-14)18(23)16-7-8-17(20-11-16)19(24)22-10-4-6-15(2)13-22/h7-8,11,14-15H,3-6,9-10,12-13H2,1-2H3. The van der Waals surface area contributed by atoms with Crippen LogP contribution in [0.25, 0.3) is 0 Å². The lowest BCUT2D eigenvalue weighted by Gasteiger charge is -2.31. The Morgan fingerprint density at radius 3 is 2.04 bits per heavy atom. The molecule has 5 nitrogen and oxygen atoms in total. The first-order chi connectivity index (χ1) is 11.5. The van der Waals surface area contributed by atoms with E-state index in [9.17, 15) is 9.59 Å². The van der Waals surface area contributed by atoms with Crippen molar-refractivity contribution >= 4 is 11.8 Å². The van der Waals surface area contributed by atoms with E-state index in [1.54, 1.807) is 18.3 Å². The van der Waals surface area contributed by atoms with E-state index in [0.717, 1.165) is 39.0 Å². The zero-order valence-electron chi connectivity index (χ0n) is 14.7. The van der Waals surface area contributed by atoms with Gasteiger partial charge < -0.3 is 9.80 Å². The van der Waals surface area contributed by atoms with Crippen LogP contribution in [0.3, 0.4) is 0 Å². The van der Waals surface area contributed by atoms with Gasteiger partial charge in [0.2, 0.25) is 0 Å². The number of hydrogen-bond donors (Lipinski definition) is 0. The van der Waals surface area contributed by atoms with E-state index in [1.807, 2.05) is 9.80 Å². The maximum Gasteiger partial charge on any atom is 0.272 e. The predicted octanol–water partition coefficient (Wildman–Crippen LogP) is 2.83. The lowest BCUT2D eigenvalue weighted by atomic mass is 9.99. The normalized spacial score (nSPS) is 24.8. The van der Waals surface area contributed by atoms with E-state index in [-0.39, 0.29) is 11.8 Å². The Kier molecular flexibility index (Phi) is 5.17. The van der Waals surface area contributed by atoms with Crippen molar-refractivity contribution in [3.8, 4) is 0 Å². The molecule has 0 radical (unpaired) electrons. The van der Waals surface area contributed by atoms with Crippen LogP contribution in [0.15, 0.2) is 18.3 Å². The average molecular weight is 329 g/mol. The first-order valence-corrected chi connectivity index (χ1v) is 9.09. The van der Waals surface area contributed by atoms with E-state index in [1.165, 1.54) is 12.8 Å². The number of likely N-dealkylation sites (tertiary alicyclic amines) is 2. The third-order valence-electron chi connectivity index (χ3n) is 5.12. The third kappa shape index (κ3) is 3.77. The van der Waals surface area contributed by atoms with Crippen molar-refractivity contribution in [2.45, 2.75) is 39.5 Å². The van der Waals surface area contributed by atoms with E-state index < -0.39 is 0 Å². The number of amides is 2. The van der Waals surface area contributed by atoms with Gasteiger partial charge in [-0.05, 0) is 49.7 Å². The van der Waals surface area contributed by atoms with E-state index in [0.29, 0.717) is 23.1 Å². The number of pyridine rings is 1. The molecule has 24 heavy (non-hydrogen) atoms. The van der Waals surface area contributed by atoms with Gasteiger partial charge >= 0.3 is 0 Å². The molecule has 0 N–H and O–H groups in total. The number of rotatable bonds is 2. The Bertz CT molecular complexity index is 546. The highest BCUT2D eigenvalue weighted by Crippen LogP contribution is 2.19. The Morgan fingerprint density at radius 2 is 1.54 bits per heavy atom. The number of piperidine rings is 2. The summed E-state index contributed by atoms with van der Waals surface area (Å²) in [5.74, 6) is 1.11. The van der Waals surface area contributed by atoms with E-state index in [4.69, 9.17) is 0 Å². The summed E-state index contributed by atoms with van der Waals surface area (Å²) in [4.78, 5) is 33.2. The molecule has 2 atom stereocenters. The number of nitrogens with zero attached hydrogens (tertiary/aromatic N) is 3. The molecule has 2 saturated heterocycles. The van der Waals surface area contributed by atoms with Gasteiger partial charge in [-0.25, -0.2) is 0 Å². The molecule has 0 saturated carbocycles. The molecule has 3 heterocycles. The van der Waals surface area contributed by atoms with Gasteiger partial charge in [-0.2, -0.15) is 0 Å². The molecule has 2 unspecified atom stereocenters. The molecule has 0 spiro atoms. The highest BCUT2D eigenvalue weighted by atomic mass is 16.2. The minimum atomic E-state index is -0.0212. The van der Waals surface area contributed by atoms with Gasteiger partial charge in [0, 0.05) is 32.4 Å². The minimum absolute atomic E-state index is 0.0212. The molecular formula is C19H27N3O2. The quantitative estimate of drug-likeness (QED) is 0.838. The van der Waals surface area contributed by atoms with E-state index >= 15 is 0 Å². The van der Waals surface area contributed by atoms with Gasteiger partial charge in [-0.1, -0.05) is 13.8 Å². The fourth-order valence-corrected chi connectivity index (χ4v) is 3.74. The first-order valence-electron chi connectivity index (χ1n) is 9.09. The van der Waals surface area contributed by atoms with Crippen molar-refractivity contribution in [1.82, 2.24) is 14.8 Å². The molecule has 3 rings (SSSR count). The highest BCUT2D eigenvalue weighted by Gasteiger charge is 2.25. The second-order valence-electron chi connectivity index (χ2n) is 7.43. The Morgan fingerprint density at radius 1 is 0.958 bits per heavy atom. The van der Waals surface area contributed by atoms with Crippen molar-refractivity contribution in [2.24, 2.45) is 11.8 Å². The topological polar surface area (TPSA) is 53.5 Å². The number of carbonyl (C=O) groups excluding carboxylic acids is 2. The van der Waals surface area contributed by atoms with Crippen LogP contribution in [-0.4, -0.2) is 52.8 Å². The van der Waals surface area contributed by atoms with Gasteiger partial charge in [0.15, 0.2) is 0 Å². The van der Waals surface area contributed by atoms with Crippen LogP contribution in [0.2, 0.25) is 0 Å². The summed E-state index contributed by atoms with van der Waals surface area (Å²) in [7, 11) is 0. The molecule has 2 amide bonds. The zero-order valence-corrected chi connectivity index (χ0v) is 14.7. The van der Waals surface area contributed by atoms with Gasteiger partial charge in [0.1, 0.15) is 5.69 Å². The number of aromatic nitrogens is 1. The molecular weight excluding hydrogens is 302 g/mol. The number of hydrogen-bond acceptors (Lipinski definition) is 3. The first kappa shape index (κ1) is 16.9. The van der Waals surface area contributed by atoms with Crippen LogP contribution in [0.1, 0.15) is 60.4 Å². The molecule has 5 heteroatoms. The van der Waals surface area contributed by atoms with Crippen LogP contribution in [-0.2, 0) is 0 Å². The van der Waals surface area contributed by atoms with Crippen molar-refractivity contribution in [3.05, 3.63) is 29.6 Å². The molecule has 2 fully saturated rings. The summed E-state index contributed by atoms with van der Waals surface area (Å²) in [6.07, 6.45) is 6.03. The second kappa shape index (κ2) is 7.32. The van der Waals surface area contributed by atoms with Gasteiger partial charge in [-0.15, -0.1) is 0 Å². The molecule has 0 bridgehead atoms. The van der Waals surface area contributed by atoms with Crippen molar-refractivity contribution in [3.63, 3.8) is 0 Å². The molecule has 0 aliphatic carbocycles. The van der Waals surface area contributed by atoms with Gasteiger partial charge in [0.05, 0.1) is 5.56 Å². The number of carbonyl (C=O) groups is 2. The predicted molar refractivity (Wildman–Crippen MR) is 92.8 cm³/mol. The summed E-state index contributed by atoms with van der Waals surface area (Å²) in [5.41, 5.74) is 1.01.